The Morgan fingerprint density at radius 2 is 1.71 bits per heavy atom. The van der Waals surface area contributed by atoms with Gasteiger partial charge in [-0.3, -0.25) is 10.1 Å². The molecule has 1 saturated heterocycles. The molecule has 0 bridgehead atoms. The Balaban J connectivity index is 1.49. The molecule has 1 aliphatic heterocycles. The summed E-state index contributed by atoms with van der Waals surface area (Å²) in [6.45, 7) is 4.84. The maximum absolute atomic E-state index is 13.1. The molecule has 2 atom stereocenters. The first-order valence-corrected chi connectivity index (χ1v) is 12.3. The molecule has 2 heterocycles. The van der Waals surface area contributed by atoms with Gasteiger partial charge in [-0.05, 0) is 60.7 Å². The highest BCUT2D eigenvalue weighted by Gasteiger charge is 2.32. The van der Waals surface area contributed by atoms with Crippen LogP contribution in [0.5, 0.6) is 0 Å². The van der Waals surface area contributed by atoms with Crippen LogP contribution in [-0.4, -0.2) is 41.9 Å². The number of sulfonamides is 1. The van der Waals surface area contributed by atoms with Gasteiger partial charge in [0.2, 0.25) is 15.9 Å². The first-order chi connectivity index (χ1) is 16.4. The molecule has 1 N–H and O–H groups in total. The van der Waals surface area contributed by atoms with Crippen molar-refractivity contribution in [2.24, 2.45) is 11.8 Å². The number of carbonyl (C=O) groups is 1. The van der Waals surface area contributed by atoms with Crippen molar-refractivity contribution in [3.05, 3.63) is 59.7 Å². The van der Waals surface area contributed by atoms with E-state index in [-0.39, 0.29) is 39.8 Å². The van der Waals surface area contributed by atoms with E-state index in [1.54, 1.807) is 0 Å². The highest BCUT2D eigenvalue weighted by Crippen LogP contribution is 2.31. The molecule has 35 heavy (non-hydrogen) atoms. The van der Waals surface area contributed by atoms with Gasteiger partial charge in [-0.15, -0.1) is 5.10 Å². The number of benzene rings is 2. The molecule has 0 saturated carbocycles. The molecule has 1 fully saturated rings. The van der Waals surface area contributed by atoms with Crippen LogP contribution in [0.25, 0.3) is 11.5 Å². The van der Waals surface area contributed by atoms with Crippen LogP contribution < -0.4 is 5.32 Å². The average Bonchev–Trinajstić information content (AvgIpc) is 3.26. The van der Waals surface area contributed by atoms with E-state index in [0.29, 0.717) is 13.1 Å². The van der Waals surface area contributed by atoms with E-state index >= 15 is 0 Å². The predicted octanol–water partition coefficient (Wildman–Crippen LogP) is 4.67. The maximum atomic E-state index is 13.1. The molecule has 0 spiro atoms. The largest absolute Gasteiger partial charge is 0.416 e. The van der Waals surface area contributed by atoms with Gasteiger partial charge in [0, 0.05) is 24.2 Å². The maximum Gasteiger partial charge on any atom is 0.416 e. The minimum absolute atomic E-state index is 0.00224. The smallest absolute Gasteiger partial charge is 0.403 e. The van der Waals surface area contributed by atoms with Crippen molar-refractivity contribution in [3.63, 3.8) is 0 Å². The van der Waals surface area contributed by atoms with Gasteiger partial charge in [0.05, 0.1) is 10.5 Å². The molecule has 186 valence electrons. The molecule has 1 aliphatic rings. The van der Waals surface area contributed by atoms with E-state index in [2.05, 4.69) is 15.5 Å². The average molecular weight is 509 g/mol. The first kappa shape index (κ1) is 24.9. The zero-order valence-corrected chi connectivity index (χ0v) is 19.7. The summed E-state index contributed by atoms with van der Waals surface area (Å²) in [5, 5.41) is 9.82. The van der Waals surface area contributed by atoms with Crippen LogP contribution in [0.3, 0.4) is 0 Å². The molecule has 8 nitrogen and oxygen atoms in total. The molecular weight excluding hydrogens is 485 g/mol. The van der Waals surface area contributed by atoms with Crippen molar-refractivity contribution in [1.82, 2.24) is 14.5 Å². The van der Waals surface area contributed by atoms with Crippen molar-refractivity contribution in [1.29, 1.82) is 0 Å². The van der Waals surface area contributed by atoms with Crippen LogP contribution in [0.15, 0.2) is 57.8 Å². The molecule has 2 aromatic carbocycles. The van der Waals surface area contributed by atoms with Gasteiger partial charge >= 0.3 is 12.2 Å². The molecular formula is C23H23F3N4O4S. The van der Waals surface area contributed by atoms with Crippen LogP contribution in [0, 0.1) is 11.8 Å². The Labute approximate surface area is 200 Å². The monoisotopic (exact) mass is 508 g/mol. The summed E-state index contributed by atoms with van der Waals surface area (Å²) < 4.78 is 71.3. The highest BCUT2D eigenvalue weighted by molar-refractivity contribution is 7.89. The lowest BCUT2D eigenvalue weighted by atomic mass is 9.94. The molecule has 4 rings (SSSR count). The Kier molecular flexibility index (Phi) is 6.69. The van der Waals surface area contributed by atoms with Gasteiger partial charge in [0.1, 0.15) is 0 Å². The van der Waals surface area contributed by atoms with E-state index in [4.69, 9.17) is 4.42 Å². The van der Waals surface area contributed by atoms with Gasteiger partial charge in [-0.25, -0.2) is 8.42 Å². The number of halogens is 3. The van der Waals surface area contributed by atoms with Gasteiger partial charge in [-0.2, -0.15) is 17.5 Å². The number of hydrogen-bond donors (Lipinski definition) is 1. The van der Waals surface area contributed by atoms with Crippen LogP contribution in [-0.2, 0) is 16.2 Å². The van der Waals surface area contributed by atoms with E-state index in [1.807, 2.05) is 13.8 Å². The number of nitrogens with zero attached hydrogens (tertiary/aromatic N) is 3. The third-order valence-corrected chi connectivity index (χ3v) is 7.50. The van der Waals surface area contributed by atoms with Gasteiger partial charge < -0.3 is 4.42 Å². The fourth-order valence-electron chi connectivity index (χ4n) is 4.11. The summed E-state index contributed by atoms with van der Waals surface area (Å²) in [5.41, 5.74) is -0.514. The zero-order valence-electron chi connectivity index (χ0n) is 18.9. The van der Waals surface area contributed by atoms with Crippen LogP contribution in [0.2, 0.25) is 0 Å². The summed E-state index contributed by atoms with van der Waals surface area (Å²) >= 11 is 0. The number of alkyl halides is 3. The number of rotatable bonds is 5. The topological polar surface area (TPSA) is 105 Å². The summed E-state index contributed by atoms with van der Waals surface area (Å²) in [7, 11) is -3.78. The lowest BCUT2D eigenvalue weighted by Gasteiger charge is -2.34. The third kappa shape index (κ3) is 5.54. The third-order valence-electron chi connectivity index (χ3n) is 5.67. The summed E-state index contributed by atoms with van der Waals surface area (Å²) in [4.78, 5) is 12.7. The molecule has 0 radical (unpaired) electrons. The standard InChI is InChI=1S/C23H23F3N4O4S/c1-14-10-15(2)13-30(12-14)35(32,33)19-5-3-4-17(11-19)20(31)27-22-29-28-21(34-22)16-6-8-18(9-7-16)23(24,25)26/h3-9,11,14-15H,10,12-13H2,1-2H3,(H,27,29,31)/t14-,15+. The van der Waals surface area contributed by atoms with E-state index in [9.17, 15) is 26.4 Å². The van der Waals surface area contributed by atoms with Crippen molar-refractivity contribution in [2.45, 2.75) is 31.3 Å². The summed E-state index contributed by atoms with van der Waals surface area (Å²) in [5.74, 6) is -0.295. The molecule has 1 aromatic heterocycles. The number of carbonyl (C=O) groups excluding carboxylic acids is 1. The summed E-state index contributed by atoms with van der Waals surface area (Å²) in [6.07, 6.45) is -3.52. The zero-order chi connectivity index (χ0) is 25.4. The van der Waals surface area contributed by atoms with Gasteiger partial charge in [0.25, 0.3) is 5.91 Å². The second kappa shape index (κ2) is 9.42. The molecule has 0 aliphatic carbocycles. The highest BCUT2D eigenvalue weighted by atomic mass is 32.2. The van der Waals surface area contributed by atoms with Crippen molar-refractivity contribution >= 4 is 21.9 Å². The van der Waals surface area contributed by atoms with Gasteiger partial charge in [0.15, 0.2) is 0 Å². The molecule has 1 amide bonds. The Morgan fingerprint density at radius 1 is 1.06 bits per heavy atom. The lowest BCUT2D eigenvalue weighted by Crippen LogP contribution is -2.42. The number of amides is 1. The minimum Gasteiger partial charge on any atom is -0.403 e. The quantitative estimate of drug-likeness (QED) is 0.537. The number of anilines is 1. The fourth-order valence-corrected chi connectivity index (χ4v) is 5.84. The summed E-state index contributed by atoms with van der Waals surface area (Å²) in [6, 6.07) is 9.48. The van der Waals surface area contributed by atoms with Crippen LogP contribution in [0.4, 0.5) is 19.2 Å². The number of hydrogen-bond acceptors (Lipinski definition) is 6. The van der Waals surface area contributed by atoms with Crippen molar-refractivity contribution < 1.29 is 30.8 Å². The fraction of sp³-hybridized carbons (Fsp3) is 0.348. The second-order valence-electron chi connectivity index (χ2n) is 8.74. The van der Waals surface area contributed by atoms with Crippen molar-refractivity contribution in [3.8, 4) is 11.5 Å². The molecule has 12 heteroatoms. The predicted molar refractivity (Wildman–Crippen MR) is 121 cm³/mol. The number of nitrogens with one attached hydrogen (secondary N) is 1. The van der Waals surface area contributed by atoms with Crippen LogP contribution in [0.1, 0.15) is 36.2 Å². The molecule has 3 aromatic rings. The van der Waals surface area contributed by atoms with Crippen molar-refractivity contribution in [2.75, 3.05) is 18.4 Å². The minimum atomic E-state index is -4.47. The Hall–Kier alpha value is -3.25. The van der Waals surface area contributed by atoms with E-state index < -0.39 is 27.7 Å². The first-order valence-electron chi connectivity index (χ1n) is 10.9. The van der Waals surface area contributed by atoms with Crippen LogP contribution >= 0.6 is 0 Å². The van der Waals surface area contributed by atoms with E-state index in [1.165, 1.54) is 40.7 Å². The SMILES string of the molecule is C[C@@H]1C[C@H](C)CN(S(=O)(=O)c2cccc(C(=O)Nc3nnc(-c4ccc(C(F)(F)F)cc4)o3)c2)C1. The van der Waals surface area contributed by atoms with Gasteiger partial charge in [-0.1, -0.05) is 25.0 Å². The normalized spacial score (nSPS) is 19.5. The Morgan fingerprint density at radius 3 is 2.34 bits per heavy atom. The van der Waals surface area contributed by atoms with E-state index in [0.717, 1.165) is 18.6 Å². The number of aromatic nitrogens is 2. The number of piperidine rings is 1. The molecule has 0 unspecified atom stereocenters. The lowest BCUT2D eigenvalue weighted by molar-refractivity contribution is -0.137. The Bertz CT molecular complexity index is 1310. The second-order valence-corrected chi connectivity index (χ2v) is 10.7.